The number of anilines is 1. The van der Waals surface area contributed by atoms with Crippen molar-refractivity contribution in [2.45, 2.75) is 65.2 Å². The predicted octanol–water partition coefficient (Wildman–Crippen LogP) is 4.56. The van der Waals surface area contributed by atoms with Gasteiger partial charge >= 0.3 is 7.60 Å². The van der Waals surface area contributed by atoms with Gasteiger partial charge in [-0.15, -0.1) is 0 Å². The third kappa shape index (κ3) is 14.8. The van der Waals surface area contributed by atoms with Gasteiger partial charge < -0.3 is 35.1 Å². The second-order valence-corrected chi connectivity index (χ2v) is 10.9. The number of unbranched alkanes of at least 4 members (excludes halogenated alkanes) is 6. The lowest BCUT2D eigenvalue weighted by Gasteiger charge is -2.17. The summed E-state index contributed by atoms with van der Waals surface area (Å²) in [6, 6.07) is 5.54. The minimum atomic E-state index is -4.09. The molecule has 200 valence electrons. The van der Waals surface area contributed by atoms with Gasteiger partial charge in [-0.2, -0.15) is 0 Å². The summed E-state index contributed by atoms with van der Waals surface area (Å²) in [6.45, 7) is 9.10. The summed E-state index contributed by atoms with van der Waals surface area (Å²) < 4.78 is 10.6. The van der Waals surface area contributed by atoms with Gasteiger partial charge in [0.2, 0.25) is 0 Å². The fourth-order valence-electron chi connectivity index (χ4n) is 3.62. The van der Waals surface area contributed by atoms with Gasteiger partial charge in [-0.25, -0.2) is 0 Å². The van der Waals surface area contributed by atoms with E-state index in [2.05, 4.69) is 72.3 Å². The third-order valence-electron chi connectivity index (χ3n) is 5.70. The maximum absolute atomic E-state index is 10.6. The molecule has 0 aromatic heterocycles. The van der Waals surface area contributed by atoms with Gasteiger partial charge in [0.1, 0.15) is 0 Å². The Bertz CT molecular complexity index is 748. The van der Waals surface area contributed by atoms with Crippen LogP contribution in [0.1, 0.15) is 65.2 Å². The molecule has 4 N–H and O–H groups in total. The molecule has 2 aliphatic rings. The lowest BCUT2D eigenvalue weighted by molar-refractivity contribution is 0.291. The normalized spacial score (nSPS) is 14.7. The third-order valence-corrected chi connectivity index (χ3v) is 6.67. The Hall–Kier alpha value is -2.15. The maximum atomic E-state index is 10.6. The minimum Gasteiger partial charge on any atom is -0.399 e. The van der Waals surface area contributed by atoms with Crippen molar-refractivity contribution >= 4 is 18.6 Å². The van der Waals surface area contributed by atoms with Crippen LogP contribution in [-0.4, -0.2) is 69.9 Å². The van der Waals surface area contributed by atoms with E-state index in [0.717, 1.165) is 13.3 Å². The summed E-state index contributed by atoms with van der Waals surface area (Å²) in [6.07, 6.45) is 19.5. The molecule has 35 heavy (non-hydrogen) atoms. The van der Waals surface area contributed by atoms with Gasteiger partial charge in [-0.1, -0.05) is 52.4 Å². The number of nitrogen functional groups attached to an aromatic ring is 1. The molecule has 1 aromatic rings. The fraction of sp³-hybridized carbons (Fsp3) is 0.615. The quantitative estimate of drug-likeness (QED) is 0.227. The fourth-order valence-corrected chi connectivity index (χ4v) is 4.16. The van der Waals surface area contributed by atoms with Crippen LogP contribution in [-0.2, 0) is 4.57 Å². The van der Waals surface area contributed by atoms with Gasteiger partial charge in [0, 0.05) is 57.7 Å². The zero-order valence-corrected chi connectivity index (χ0v) is 23.1. The highest BCUT2D eigenvalue weighted by molar-refractivity contribution is 7.60. The zero-order chi connectivity index (χ0) is 26.1. The lowest BCUT2D eigenvalue weighted by atomic mass is 10.2. The number of nitrogens with two attached hydrogens (primary N) is 1. The van der Waals surface area contributed by atoms with Crippen LogP contribution in [0.3, 0.4) is 0 Å². The second kappa shape index (κ2) is 17.3. The number of hydrogen-bond donors (Lipinski definition) is 3. The monoisotopic (exact) mass is 509 g/mol. The Kier molecular flexibility index (Phi) is 15.3. The minimum absolute atomic E-state index is 0.00769. The van der Waals surface area contributed by atoms with Crippen molar-refractivity contribution in [3.63, 3.8) is 0 Å². The molecule has 0 radical (unpaired) electrons. The van der Waals surface area contributed by atoms with Crippen molar-refractivity contribution in [3.8, 4) is 0 Å². The van der Waals surface area contributed by atoms with Gasteiger partial charge in [0.05, 0.1) is 18.6 Å². The molecule has 2 heterocycles. The van der Waals surface area contributed by atoms with Crippen LogP contribution in [0.2, 0.25) is 0 Å². The molecule has 0 spiro atoms. The second-order valence-electron chi connectivity index (χ2n) is 9.27. The molecular weight excluding hydrogens is 461 g/mol. The average Bonchev–Trinajstić information content (AvgIpc) is 3.42. The number of benzene rings is 1. The first kappa shape index (κ1) is 30.9. The lowest BCUT2D eigenvalue weighted by Crippen LogP contribution is -2.23. The summed E-state index contributed by atoms with van der Waals surface area (Å²) in [5.74, 6) is 0. The van der Waals surface area contributed by atoms with E-state index in [-0.39, 0.29) is 5.30 Å². The van der Waals surface area contributed by atoms with Crippen molar-refractivity contribution < 1.29 is 14.4 Å². The van der Waals surface area contributed by atoms with E-state index in [1.165, 1.54) is 88.7 Å². The van der Waals surface area contributed by atoms with Crippen LogP contribution in [0.15, 0.2) is 49.1 Å². The summed E-state index contributed by atoms with van der Waals surface area (Å²) in [5.41, 5.74) is 5.81. The van der Waals surface area contributed by atoms with Crippen LogP contribution in [0.25, 0.3) is 0 Å². The molecule has 0 unspecified atom stereocenters. The molecular formula is C26H48N5O3P. The highest BCUT2D eigenvalue weighted by Gasteiger charge is 2.15. The van der Waals surface area contributed by atoms with E-state index < -0.39 is 7.60 Å². The summed E-state index contributed by atoms with van der Waals surface area (Å²) in [7, 11) is 0.134. The zero-order valence-electron chi connectivity index (χ0n) is 22.2. The van der Waals surface area contributed by atoms with Crippen molar-refractivity contribution in [1.29, 1.82) is 0 Å². The Balaban J connectivity index is 0.000000263. The van der Waals surface area contributed by atoms with Crippen molar-refractivity contribution in [2.75, 3.05) is 46.3 Å². The van der Waals surface area contributed by atoms with Gasteiger partial charge in [-0.05, 0) is 37.1 Å². The molecule has 3 rings (SSSR count). The van der Waals surface area contributed by atoms with Crippen molar-refractivity contribution in [3.05, 3.63) is 49.1 Å². The van der Waals surface area contributed by atoms with Gasteiger partial charge in [0.25, 0.3) is 0 Å². The van der Waals surface area contributed by atoms with E-state index in [4.69, 9.17) is 15.5 Å². The molecule has 0 bridgehead atoms. The predicted molar refractivity (Wildman–Crippen MR) is 148 cm³/mol. The molecule has 9 heteroatoms. The molecule has 8 nitrogen and oxygen atoms in total. The van der Waals surface area contributed by atoms with E-state index in [9.17, 15) is 4.57 Å². The molecule has 0 saturated heterocycles. The molecule has 1 aromatic carbocycles. The first-order valence-electron chi connectivity index (χ1n) is 12.8. The largest absolute Gasteiger partial charge is 0.399 e. The molecule has 0 aliphatic carbocycles. The van der Waals surface area contributed by atoms with Crippen molar-refractivity contribution in [2.24, 2.45) is 0 Å². The summed E-state index contributed by atoms with van der Waals surface area (Å²) in [4.78, 5) is 26.5. The average molecular weight is 510 g/mol. The van der Waals surface area contributed by atoms with E-state index in [1.54, 1.807) is 0 Å². The SMILES string of the molecule is CCCCCCN1C=CN(C)C1.CCCCCCN1C=CN(C)C1.Nc1ccc(P(=O)(O)O)cc1. The number of nitrogens with zero attached hydrogens (tertiary/aromatic N) is 4. The van der Waals surface area contributed by atoms with Gasteiger partial charge in [0.15, 0.2) is 0 Å². The Morgan fingerprint density at radius 3 is 1.49 bits per heavy atom. The topological polar surface area (TPSA) is 96.5 Å². The van der Waals surface area contributed by atoms with Crippen LogP contribution >= 0.6 is 7.60 Å². The molecule has 2 aliphatic heterocycles. The Labute approximate surface area is 213 Å². The van der Waals surface area contributed by atoms with E-state index in [1.807, 2.05) is 0 Å². The smallest absolute Gasteiger partial charge is 0.356 e. The van der Waals surface area contributed by atoms with Crippen molar-refractivity contribution in [1.82, 2.24) is 19.6 Å². The molecule has 0 amide bonds. The standard InChI is InChI=1S/2C10H20N2.C6H8NO3P/c2*1-3-4-5-6-7-12-9-8-11(2)10-12;7-5-1-3-6(4-2-5)11(8,9)10/h2*8-9H,3-7,10H2,1-2H3;1-4H,7H2,(H2,8,9,10). The summed E-state index contributed by atoms with van der Waals surface area (Å²) in [5, 5.41) is -0.00769. The Morgan fingerprint density at radius 1 is 0.743 bits per heavy atom. The van der Waals surface area contributed by atoms with Crippen LogP contribution in [0.5, 0.6) is 0 Å². The highest BCUT2D eigenvalue weighted by Crippen LogP contribution is 2.32. The number of hydrogen-bond acceptors (Lipinski definition) is 6. The van der Waals surface area contributed by atoms with E-state index >= 15 is 0 Å². The Morgan fingerprint density at radius 2 is 1.17 bits per heavy atom. The first-order valence-corrected chi connectivity index (χ1v) is 14.4. The summed E-state index contributed by atoms with van der Waals surface area (Å²) >= 11 is 0. The van der Waals surface area contributed by atoms with Crippen LogP contribution < -0.4 is 11.0 Å². The van der Waals surface area contributed by atoms with Crippen LogP contribution in [0.4, 0.5) is 5.69 Å². The molecule has 0 atom stereocenters. The molecule has 0 fully saturated rings. The highest BCUT2D eigenvalue weighted by atomic mass is 31.2. The maximum Gasteiger partial charge on any atom is 0.356 e. The number of rotatable bonds is 11. The van der Waals surface area contributed by atoms with Crippen LogP contribution in [0, 0.1) is 0 Å². The van der Waals surface area contributed by atoms with E-state index in [0.29, 0.717) is 5.69 Å². The van der Waals surface area contributed by atoms with Gasteiger partial charge in [-0.3, -0.25) is 4.57 Å². The molecule has 0 saturated carbocycles. The first-order chi connectivity index (χ1) is 16.7.